The zero-order chi connectivity index (χ0) is 27.1. The van der Waals surface area contributed by atoms with E-state index in [4.69, 9.17) is 23.2 Å². The van der Waals surface area contributed by atoms with Gasteiger partial charge < -0.3 is 0 Å². The fourth-order valence-corrected chi connectivity index (χ4v) is 5.10. The molecule has 2 atom stereocenters. The molecule has 1 aliphatic heterocycles. The fourth-order valence-electron chi connectivity index (χ4n) is 4.85. The van der Waals surface area contributed by atoms with Crippen molar-refractivity contribution in [2.45, 2.75) is 19.8 Å². The second-order valence-corrected chi connectivity index (χ2v) is 9.78. The van der Waals surface area contributed by atoms with Gasteiger partial charge in [-0.3, -0.25) is 24.8 Å². The van der Waals surface area contributed by atoms with Crippen LogP contribution >= 0.6 is 23.2 Å². The molecule has 2 heterocycles. The van der Waals surface area contributed by atoms with Crippen LogP contribution in [-0.4, -0.2) is 26.3 Å². The van der Waals surface area contributed by atoms with E-state index in [0.29, 0.717) is 32.8 Å². The predicted octanol–water partition coefficient (Wildman–Crippen LogP) is 5.86. The van der Waals surface area contributed by atoms with Gasteiger partial charge >= 0.3 is 0 Å². The monoisotopic (exact) mass is 549 g/mol. The molecule has 0 fully saturated rings. The Hall–Kier alpha value is -4.21. The molecule has 5 rings (SSSR count). The van der Waals surface area contributed by atoms with Gasteiger partial charge in [0.25, 0.3) is 17.2 Å². The van der Waals surface area contributed by atoms with Gasteiger partial charge in [-0.1, -0.05) is 41.4 Å². The third-order valence-corrected chi connectivity index (χ3v) is 7.07. The van der Waals surface area contributed by atoms with Crippen molar-refractivity contribution in [1.29, 1.82) is 0 Å². The smallest absolute Gasteiger partial charge is 0.275 e. The molecule has 38 heavy (non-hydrogen) atoms. The van der Waals surface area contributed by atoms with Crippen LogP contribution in [0.15, 0.2) is 82.7 Å². The summed E-state index contributed by atoms with van der Waals surface area (Å²) in [7, 11) is 0. The maximum absolute atomic E-state index is 13.9. The molecule has 0 bridgehead atoms. The summed E-state index contributed by atoms with van der Waals surface area (Å²) in [6, 6.07) is 19.4. The third kappa shape index (κ3) is 4.40. The Labute approximate surface area is 227 Å². The third-order valence-electron chi connectivity index (χ3n) is 6.57. The highest BCUT2D eigenvalue weighted by atomic mass is 35.5. The Morgan fingerprint density at radius 3 is 2.11 bits per heavy atom. The quantitative estimate of drug-likeness (QED) is 0.239. The second-order valence-electron chi connectivity index (χ2n) is 8.91. The van der Waals surface area contributed by atoms with Gasteiger partial charge in [0.2, 0.25) is 0 Å². The van der Waals surface area contributed by atoms with E-state index >= 15 is 0 Å². The number of para-hydroxylation sites is 1. The van der Waals surface area contributed by atoms with E-state index in [9.17, 15) is 19.7 Å². The number of hydrogen-bond donors (Lipinski definition) is 1. The number of nitro groups is 1. The van der Waals surface area contributed by atoms with E-state index in [1.807, 2.05) is 0 Å². The molecule has 1 N–H and O–H groups in total. The SMILES string of the molecule is CC1=NN(c2ccc(Cl)cc2)C(=O)[C@@H]1[C@@H](c1ccccc1[N+](=O)[O-])c1c(C)[nH]n(-c2ccc(Cl)cc2)c1=O. The number of hydrogen-bond acceptors (Lipinski definition) is 5. The number of aryl methyl sites for hydroxylation is 1. The second kappa shape index (κ2) is 9.92. The number of carbonyl (C=O) groups excluding carboxylic acids is 1. The summed E-state index contributed by atoms with van der Waals surface area (Å²) in [5.41, 5.74) is 1.77. The lowest BCUT2D eigenvalue weighted by Crippen LogP contribution is -2.34. The van der Waals surface area contributed by atoms with E-state index < -0.39 is 28.2 Å². The van der Waals surface area contributed by atoms with Crippen molar-refractivity contribution in [3.05, 3.63) is 120 Å². The molecule has 0 saturated carbocycles. The van der Waals surface area contributed by atoms with Gasteiger partial charge in [0.05, 0.1) is 22.2 Å². The summed E-state index contributed by atoms with van der Waals surface area (Å²) in [6.07, 6.45) is 0. The molecule has 0 radical (unpaired) electrons. The Morgan fingerprint density at radius 1 is 0.921 bits per heavy atom. The Morgan fingerprint density at radius 2 is 1.50 bits per heavy atom. The molecular formula is C27H21Cl2N5O4. The van der Waals surface area contributed by atoms with Crippen molar-refractivity contribution in [2.75, 3.05) is 5.01 Å². The maximum Gasteiger partial charge on any atom is 0.275 e. The highest BCUT2D eigenvalue weighted by Crippen LogP contribution is 2.41. The fraction of sp³-hybridized carbons (Fsp3) is 0.148. The topological polar surface area (TPSA) is 114 Å². The molecular weight excluding hydrogens is 529 g/mol. The molecule has 0 unspecified atom stereocenters. The number of nitrogens with zero attached hydrogens (tertiary/aromatic N) is 4. The first-order chi connectivity index (χ1) is 18.2. The van der Waals surface area contributed by atoms with Crippen molar-refractivity contribution < 1.29 is 9.72 Å². The van der Waals surface area contributed by atoms with Gasteiger partial charge in [0, 0.05) is 44.6 Å². The van der Waals surface area contributed by atoms with Crippen LogP contribution < -0.4 is 10.6 Å². The highest BCUT2D eigenvalue weighted by Gasteiger charge is 2.45. The number of hydrazone groups is 1. The molecule has 0 saturated heterocycles. The molecule has 0 aliphatic carbocycles. The standard InChI is InChI=1S/C27H21Cl2N5O4/c1-15-23(26(35)32(30-15)19-11-7-17(28)8-12-19)25(21-5-3-4-6-22(21)34(37)38)24-16(2)31-33(27(24)36)20-13-9-18(29)10-14-20/h3-14,23,25,31H,1-2H3/t23-,25+/m0/s1. The first-order valence-corrected chi connectivity index (χ1v) is 12.4. The lowest BCUT2D eigenvalue weighted by Gasteiger charge is -2.23. The van der Waals surface area contributed by atoms with Crippen LogP contribution in [0.25, 0.3) is 5.69 Å². The number of nitro benzene ring substituents is 1. The number of carbonyl (C=O) groups is 1. The minimum Gasteiger partial charge on any atom is -0.295 e. The number of halogens is 2. The Kier molecular flexibility index (Phi) is 6.64. The number of rotatable bonds is 6. The first-order valence-electron chi connectivity index (χ1n) is 11.6. The average Bonchev–Trinajstić information content (AvgIpc) is 3.36. The molecule has 0 spiro atoms. The molecule has 1 aliphatic rings. The van der Waals surface area contributed by atoms with E-state index in [1.54, 1.807) is 80.6 Å². The molecule has 192 valence electrons. The van der Waals surface area contributed by atoms with E-state index in [0.717, 1.165) is 0 Å². The number of benzene rings is 3. The van der Waals surface area contributed by atoms with E-state index in [2.05, 4.69) is 10.2 Å². The van der Waals surface area contributed by atoms with Gasteiger partial charge in [-0.05, 0) is 62.4 Å². The van der Waals surface area contributed by atoms with Gasteiger partial charge in [-0.2, -0.15) is 5.10 Å². The van der Waals surface area contributed by atoms with Crippen molar-refractivity contribution >= 4 is 46.2 Å². The lowest BCUT2D eigenvalue weighted by atomic mass is 9.77. The van der Waals surface area contributed by atoms with Crippen molar-refractivity contribution in [1.82, 2.24) is 9.78 Å². The average molecular weight is 550 g/mol. The van der Waals surface area contributed by atoms with Crippen LogP contribution in [0.5, 0.6) is 0 Å². The summed E-state index contributed by atoms with van der Waals surface area (Å²) in [4.78, 5) is 39.3. The van der Waals surface area contributed by atoms with Crippen LogP contribution in [0.2, 0.25) is 10.0 Å². The number of aromatic nitrogens is 2. The molecule has 1 amide bonds. The predicted molar refractivity (Wildman–Crippen MR) is 147 cm³/mol. The van der Waals surface area contributed by atoms with Crippen LogP contribution in [0, 0.1) is 23.0 Å². The zero-order valence-electron chi connectivity index (χ0n) is 20.3. The highest BCUT2D eigenvalue weighted by molar-refractivity contribution is 6.31. The van der Waals surface area contributed by atoms with Crippen LogP contribution in [-0.2, 0) is 4.79 Å². The Bertz CT molecular complexity index is 1640. The normalized spacial score (nSPS) is 16.0. The number of anilines is 1. The van der Waals surface area contributed by atoms with E-state index in [1.165, 1.54) is 15.8 Å². The van der Waals surface area contributed by atoms with Gasteiger partial charge in [-0.25, -0.2) is 9.69 Å². The van der Waals surface area contributed by atoms with Crippen molar-refractivity contribution in [3.8, 4) is 5.69 Å². The molecule has 9 nitrogen and oxygen atoms in total. The summed E-state index contributed by atoms with van der Waals surface area (Å²) < 4.78 is 1.34. The van der Waals surface area contributed by atoms with Crippen molar-refractivity contribution in [2.24, 2.45) is 11.0 Å². The van der Waals surface area contributed by atoms with Crippen molar-refractivity contribution in [3.63, 3.8) is 0 Å². The number of aromatic amines is 1. The number of amides is 1. The number of H-pyrrole nitrogens is 1. The molecule has 3 aromatic carbocycles. The summed E-state index contributed by atoms with van der Waals surface area (Å²) >= 11 is 12.0. The van der Waals surface area contributed by atoms with Crippen LogP contribution in [0.1, 0.15) is 29.7 Å². The molecule has 11 heteroatoms. The Balaban J connectivity index is 1.70. The summed E-state index contributed by atoms with van der Waals surface area (Å²) in [5.74, 6) is -2.36. The van der Waals surface area contributed by atoms with Crippen LogP contribution in [0.4, 0.5) is 11.4 Å². The zero-order valence-corrected chi connectivity index (χ0v) is 21.8. The largest absolute Gasteiger partial charge is 0.295 e. The summed E-state index contributed by atoms with van der Waals surface area (Å²) in [6.45, 7) is 3.38. The summed E-state index contributed by atoms with van der Waals surface area (Å²) in [5, 5.41) is 21.8. The van der Waals surface area contributed by atoms with E-state index in [-0.39, 0.29) is 16.8 Å². The molecule has 1 aromatic heterocycles. The van der Waals surface area contributed by atoms with Gasteiger partial charge in [0.1, 0.15) is 0 Å². The van der Waals surface area contributed by atoms with Crippen LogP contribution in [0.3, 0.4) is 0 Å². The number of nitrogens with one attached hydrogen (secondary N) is 1. The minimum atomic E-state index is -0.984. The molecule has 4 aromatic rings. The lowest BCUT2D eigenvalue weighted by molar-refractivity contribution is -0.385. The van der Waals surface area contributed by atoms with Gasteiger partial charge in [-0.15, -0.1) is 0 Å². The minimum absolute atomic E-state index is 0.193. The maximum atomic E-state index is 13.9. The first kappa shape index (κ1) is 25.4. The van der Waals surface area contributed by atoms with Gasteiger partial charge in [0.15, 0.2) is 0 Å².